The Kier molecular flexibility index (Phi) is 8.30. The topological polar surface area (TPSA) is 79.2 Å². The van der Waals surface area contributed by atoms with E-state index in [1.165, 1.54) is 16.0 Å². The van der Waals surface area contributed by atoms with Crippen LogP contribution in [0.25, 0.3) is 0 Å². The Bertz CT molecular complexity index is 1240. The molecule has 0 saturated carbocycles. The number of hydrogen-bond donors (Lipinski definition) is 1. The second-order valence-corrected chi connectivity index (χ2v) is 9.85. The molecule has 0 spiro atoms. The van der Waals surface area contributed by atoms with Gasteiger partial charge in [0.1, 0.15) is 18.9 Å². The highest BCUT2D eigenvalue weighted by molar-refractivity contribution is 7.12. The van der Waals surface area contributed by atoms with Gasteiger partial charge in [-0.05, 0) is 53.8 Å². The lowest BCUT2D eigenvalue weighted by atomic mass is 9.96. The minimum Gasteiger partial charge on any atom is -0.489 e. The molecular formula is C28H28N2O4S. The van der Waals surface area contributed by atoms with Crippen LogP contribution in [0, 0.1) is 16.7 Å². The minimum atomic E-state index is -0.863. The van der Waals surface area contributed by atoms with Crippen molar-refractivity contribution in [2.24, 2.45) is 5.18 Å². The number of rotatable bonds is 10. The van der Waals surface area contributed by atoms with Crippen molar-refractivity contribution in [2.45, 2.75) is 51.9 Å². The second kappa shape index (κ2) is 11.8. The number of carboxylic acids is 1. The Morgan fingerprint density at radius 3 is 2.74 bits per heavy atom. The average molecular weight is 489 g/mol. The third-order valence-electron chi connectivity index (χ3n) is 6.00. The van der Waals surface area contributed by atoms with Crippen LogP contribution < -0.4 is 4.74 Å². The molecule has 2 heterocycles. The molecule has 1 N–H and O–H groups in total. The third kappa shape index (κ3) is 6.78. The van der Waals surface area contributed by atoms with E-state index in [4.69, 9.17) is 9.84 Å². The number of ether oxygens (including phenoxy) is 1. The van der Waals surface area contributed by atoms with Crippen LogP contribution in [-0.4, -0.2) is 22.5 Å². The first-order valence-electron chi connectivity index (χ1n) is 11.6. The van der Waals surface area contributed by atoms with Crippen LogP contribution in [0.3, 0.4) is 0 Å². The van der Waals surface area contributed by atoms with Crippen LogP contribution in [0.15, 0.2) is 59.8 Å². The maximum Gasteiger partial charge on any atom is 0.304 e. The van der Waals surface area contributed by atoms with Crippen molar-refractivity contribution >= 4 is 17.3 Å². The van der Waals surface area contributed by atoms with Gasteiger partial charge in [0.2, 0.25) is 0 Å². The predicted octanol–water partition coefficient (Wildman–Crippen LogP) is 5.73. The van der Waals surface area contributed by atoms with Crippen molar-refractivity contribution in [3.8, 4) is 17.6 Å². The molecule has 1 unspecified atom stereocenters. The molecule has 2 aromatic carbocycles. The number of carboxylic acid groups (broad SMARTS) is 1. The lowest BCUT2D eigenvalue weighted by Gasteiger charge is -2.27. The summed E-state index contributed by atoms with van der Waals surface area (Å²) in [7, 11) is 0. The third-order valence-corrected chi connectivity index (χ3v) is 7.22. The zero-order valence-electron chi connectivity index (χ0n) is 19.7. The maximum atomic E-state index is 11.1. The first-order chi connectivity index (χ1) is 17.0. The Hall–Kier alpha value is -3.47. The highest BCUT2D eigenvalue weighted by atomic mass is 32.1. The van der Waals surface area contributed by atoms with Crippen LogP contribution in [0.2, 0.25) is 0 Å². The number of aliphatic carboxylic acids is 1. The molecule has 35 heavy (non-hydrogen) atoms. The zero-order valence-corrected chi connectivity index (χ0v) is 20.5. The normalized spacial score (nSPS) is 13.9. The van der Waals surface area contributed by atoms with Gasteiger partial charge in [0.15, 0.2) is 0 Å². The number of hydrogen-bond acceptors (Lipinski definition) is 6. The molecule has 1 aliphatic heterocycles. The van der Waals surface area contributed by atoms with Crippen LogP contribution in [0.5, 0.6) is 5.75 Å². The molecule has 3 aromatic rings. The number of benzene rings is 2. The molecule has 0 radical (unpaired) electrons. The van der Waals surface area contributed by atoms with Crippen molar-refractivity contribution in [1.29, 1.82) is 0 Å². The smallest absolute Gasteiger partial charge is 0.304 e. The number of nitrogens with zero attached hydrogens (tertiary/aromatic N) is 2. The van der Waals surface area contributed by atoms with Gasteiger partial charge < -0.3 is 9.84 Å². The Labute approximate surface area is 209 Å². The van der Waals surface area contributed by atoms with E-state index in [2.05, 4.69) is 52.2 Å². The maximum absolute atomic E-state index is 11.1. The van der Waals surface area contributed by atoms with E-state index >= 15 is 0 Å². The zero-order chi connectivity index (χ0) is 24.6. The monoisotopic (exact) mass is 488 g/mol. The van der Waals surface area contributed by atoms with Crippen molar-refractivity contribution in [3.63, 3.8) is 0 Å². The fraction of sp³-hybridized carbons (Fsp3) is 0.321. The summed E-state index contributed by atoms with van der Waals surface area (Å²) in [6.45, 7) is 5.19. The molecule has 180 valence electrons. The molecule has 1 aliphatic rings. The van der Waals surface area contributed by atoms with Gasteiger partial charge in [-0.3, -0.25) is 9.69 Å². The summed E-state index contributed by atoms with van der Waals surface area (Å²) < 4.78 is 5.99. The number of fused-ring (bicyclic) bond motifs is 1. The van der Waals surface area contributed by atoms with E-state index in [0.717, 1.165) is 47.8 Å². The van der Waals surface area contributed by atoms with Crippen LogP contribution in [0.4, 0.5) is 0 Å². The summed E-state index contributed by atoms with van der Waals surface area (Å²) >= 11 is 1.71. The lowest BCUT2D eigenvalue weighted by Crippen LogP contribution is -2.29. The van der Waals surface area contributed by atoms with Crippen LogP contribution in [-0.2, 0) is 37.5 Å². The summed E-state index contributed by atoms with van der Waals surface area (Å²) in [6.07, 6.45) is 0.991. The fourth-order valence-corrected chi connectivity index (χ4v) is 5.45. The highest BCUT2D eigenvalue weighted by Crippen LogP contribution is 2.29. The van der Waals surface area contributed by atoms with Crippen LogP contribution >= 0.6 is 11.3 Å². The summed E-state index contributed by atoms with van der Waals surface area (Å²) in [4.78, 5) is 26.5. The number of nitroso groups, excluding NO2 is 1. The SMILES string of the molecule is CC#CC(CC(=O)O)c1ccc(OCc2cccc(CN3CCc4sc(CN=O)cc4C3)c2)cc1. The number of thiophene rings is 1. The summed E-state index contributed by atoms with van der Waals surface area (Å²) in [6, 6.07) is 18.1. The Balaban J connectivity index is 1.33. The first kappa shape index (κ1) is 24.6. The van der Waals surface area contributed by atoms with E-state index in [1.54, 1.807) is 18.3 Å². The van der Waals surface area contributed by atoms with Gasteiger partial charge in [0.05, 0.1) is 12.3 Å². The lowest BCUT2D eigenvalue weighted by molar-refractivity contribution is -0.137. The predicted molar refractivity (Wildman–Crippen MR) is 137 cm³/mol. The molecule has 0 amide bonds. The van der Waals surface area contributed by atoms with E-state index in [1.807, 2.05) is 24.3 Å². The van der Waals surface area contributed by atoms with Gasteiger partial charge in [-0.15, -0.1) is 17.3 Å². The Morgan fingerprint density at radius 1 is 1.20 bits per heavy atom. The molecule has 1 aromatic heterocycles. The largest absolute Gasteiger partial charge is 0.489 e. The fourth-order valence-electron chi connectivity index (χ4n) is 4.37. The molecule has 4 rings (SSSR count). The van der Waals surface area contributed by atoms with Crippen molar-refractivity contribution < 1.29 is 14.6 Å². The molecular weight excluding hydrogens is 460 g/mol. The molecule has 0 aliphatic carbocycles. The molecule has 7 heteroatoms. The van der Waals surface area contributed by atoms with E-state index in [-0.39, 0.29) is 18.9 Å². The van der Waals surface area contributed by atoms with Gasteiger partial charge in [0, 0.05) is 29.4 Å². The highest BCUT2D eigenvalue weighted by Gasteiger charge is 2.19. The van der Waals surface area contributed by atoms with E-state index in [0.29, 0.717) is 6.61 Å². The van der Waals surface area contributed by atoms with Gasteiger partial charge in [-0.2, -0.15) is 4.91 Å². The van der Waals surface area contributed by atoms with Crippen molar-refractivity contribution in [3.05, 3.63) is 91.5 Å². The molecule has 1 atom stereocenters. The van der Waals surface area contributed by atoms with E-state index in [9.17, 15) is 9.70 Å². The Morgan fingerprint density at radius 2 is 2.00 bits per heavy atom. The summed E-state index contributed by atoms with van der Waals surface area (Å²) in [5.74, 6) is 5.33. The van der Waals surface area contributed by atoms with Gasteiger partial charge in [0.25, 0.3) is 0 Å². The standard InChI is InChI=1S/C28H28N2O4S/c1-2-4-23(15-28(31)32)22-7-9-25(10-8-22)34-19-21-6-3-5-20(13-21)17-30-12-11-27-24(18-30)14-26(35-27)16-29-33/h3,5-10,13-14,23H,11-12,15-19H2,1H3,(H,31,32). The first-order valence-corrected chi connectivity index (χ1v) is 12.4. The molecule has 6 nitrogen and oxygen atoms in total. The van der Waals surface area contributed by atoms with Crippen molar-refractivity contribution in [1.82, 2.24) is 4.90 Å². The van der Waals surface area contributed by atoms with Crippen LogP contribution in [0.1, 0.15) is 51.3 Å². The van der Waals surface area contributed by atoms with Gasteiger partial charge in [-0.1, -0.05) is 47.5 Å². The minimum absolute atomic E-state index is 0.0182. The average Bonchev–Trinajstić information content (AvgIpc) is 3.25. The summed E-state index contributed by atoms with van der Waals surface area (Å²) in [5.41, 5.74) is 4.53. The number of carbonyl (C=O) groups is 1. The molecule has 0 fully saturated rings. The second-order valence-electron chi connectivity index (χ2n) is 8.63. The van der Waals surface area contributed by atoms with Gasteiger partial charge >= 0.3 is 5.97 Å². The van der Waals surface area contributed by atoms with Gasteiger partial charge in [-0.25, -0.2) is 0 Å². The molecule has 0 bridgehead atoms. The summed E-state index contributed by atoms with van der Waals surface area (Å²) in [5, 5.41) is 12.1. The quantitative estimate of drug-likeness (QED) is 0.291. The van der Waals surface area contributed by atoms with E-state index < -0.39 is 5.97 Å². The van der Waals surface area contributed by atoms with Crippen molar-refractivity contribution in [2.75, 3.05) is 6.54 Å². The molecule has 0 saturated heterocycles.